The average molecular weight is 327 g/mol. The Hall–Kier alpha value is -3.09. The van der Waals surface area contributed by atoms with Crippen molar-refractivity contribution in [3.8, 4) is 5.75 Å². The molecule has 2 aromatic heterocycles. The molecule has 24 heavy (non-hydrogen) atoms. The van der Waals surface area contributed by atoms with Gasteiger partial charge in [0.05, 0.1) is 12.8 Å². The summed E-state index contributed by atoms with van der Waals surface area (Å²) >= 11 is 0. The van der Waals surface area contributed by atoms with E-state index in [1.807, 2.05) is 12.1 Å². The van der Waals surface area contributed by atoms with Gasteiger partial charge in [-0.15, -0.1) is 0 Å². The first-order chi connectivity index (χ1) is 11.6. The summed E-state index contributed by atoms with van der Waals surface area (Å²) < 4.78 is 7.94. The quantitative estimate of drug-likeness (QED) is 0.720. The minimum atomic E-state index is -0.654. The number of aryl methyl sites for hydroxylation is 2. The number of rotatable bonds is 5. The zero-order chi connectivity index (χ0) is 17.1. The third-order valence-corrected chi connectivity index (χ3v) is 3.70. The van der Waals surface area contributed by atoms with Gasteiger partial charge in [0.15, 0.2) is 0 Å². The third-order valence-electron chi connectivity index (χ3n) is 3.70. The number of aromatic hydroxyl groups is 1. The van der Waals surface area contributed by atoms with Crippen LogP contribution in [-0.2, 0) is 17.7 Å². The molecule has 0 aliphatic carbocycles. The zero-order valence-electron chi connectivity index (χ0n) is 13.2. The van der Waals surface area contributed by atoms with Crippen LogP contribution in [0.25, 0.3) is 5.65 Å². The van der Waals surface area contributed by atoms with Gasteiger partial charge in [-0.05, 0) is 31.0 Å². The van der Waals surface area contributed by atoms with Gasteiger partial charge in [-0.3, -0.25) is 4.79 Å². The number of fused-ring (bicyclic) bond motifs is 1. The van der Waals surface area contributed by atoms with Crippen LogP contribution in [0.4, 0.5) is 0 Å². The number of hydrogen-bond acceptors (Lipinski definition) is 5. The van der Waals surface area contributed by atoms with Crippen molar-refractivity contribution in [2.75, 3.05) is 6.61 Å². The minimum absolute atomic E-state index is 0.0428. The predicted molar refractivity (Wildman–Crippen MR) is 87.2 cm³/mol. The Bertz CT molecular complexity index is 925. The third kappa shape index (κ3) is 3.01. The molecule has 0 aliphatic heterocycles. The van der Waals surface area contributed by atoms with Crippen LogP contribution in [0, 0.1) is 0 Å². The van der Waals surface area contributed by atoms with E-state index in [9.17, 15) is 14.7 Å². The van der Waals surface area contributed by atoms with Gasteiger partial charge >= 0.3 is 5.97 Å². The van der Waals surface area contributed by atoms with Crippen molar-refractivity contribution in [2.45, 2.75) is 19.9 Å². The fourth-order valence-corrected chi connectivity index (χ4v) is 2.50. The van der Waals surface area contributed by atoms with Gasteiger partial charge in [0.1, 0.15) is 17.0 Å². The van der Waals surface area contributed by atoms with E-state index >= 15 is 0 Å². The molecule has 0 amide bonds. The first-order valence-corrected chi connectivity index (χ1v) is 7.62. The van der Waals surface area contributed by atoms with E-state index in [2.05, 4.69) is 5.10 Å². The van der Waals surface area contributed by atoms with Gasteiger partial charge in [0, 0.05) is 18.8 Å². The average Bonchev–Trinajstić information content (AvgIpc) is 3.06. The molecule has 0 atom stereocenters. The second-order valence-electron chi connectivity index (χ2n) is 5.28. The Balaban J connectivity index is 1.95. The maximum atomic E-state index is 12.3. The highest BCUT2D eigenvalue weighted by atomic mass is 16.5. The predicted octanol–water partition coefficient (Wildman–Crippen LogP) is 1.62. The first kappa shape index (κ1) is 15.8. The second-order valence-corrected chi connectivity index (χ2v) is 5.28. The molecular formula is C17H17N3O4. The Labute approximate surface area is 137 Å². The number of esters is 1. The molecule has 0 aliphatic rings. The van der Waals surface area contributed by atoms with Gasteiger partial charge in [0.25, 0.3) is 5.56 Å². The molecule has 0 saturated carbocycles. The summed E-state index contributed by atoms with van der Waals surface area (Å²) in [5.74, 6) is -0.442. The molecule has 1 N–H and O–H groups in total. The van der Waals surface area contributed by atoms with Crippen molar-refractivity contribution in [3.63, 3.8) is 0 Å². The molecule has 7 nitrogen and oxygen atoms in total. The maximum Gasteiger partial charge on any atom is 0.345 e. The lowest BCUT2D eigenvalue weighted by Gasteiger charge is -2.11. The number of phenols is 1. The van der Waals surface area contributed by atoms with Crippen LogP contribution in [0.5, 0.6) is 5.75 Å². The van der Waals surface area contributed by atoms with Gasteiger partial charge in [-0.2, -0.15) is 9.61 Å². The van der Waals surface area contributed by atoms with Crippen molar-refractivity contribution in [1.29, 1.82) is 0 Å². The van der Waals surface area contributed by atoms with Crippen LogP contribution in [0.1, 0.15) is 22.8 Å². The first-order valence-electron chi connectivity index (χ1n) is 7.62. The van der Waals surface area contributed by atoms with E-state index in [1.165, 1.54) is 16.9 Å². The summed E-state index contributed by atoms with van der Waals surface area (Å²) in [7, 11) is 0. The molecule has 124 valence electrons. The number of nitrogens with zero attached hydrogens (tertiary/aromatic N) is 3. The van der Waals surface area contributed by atoms with Gasteiger partial charge < -0.3 is 14.4 Å². The summed E-state index contributed by atoms with van der Waals surface area (Å²) in [5.41, 5.74) is 1.10. The maximum absolute atomic E-state index is 12.3. The lowest BCUT2D eigenvalue weighted by molar-refractivity contribution is 0.0522. The Morgan fingerprint density at radius 2 is 2.00 bits per heavy atom. The molecule has 2 heterocycles. The summed E-state index contributed by atoms with van der Waals surface area (Å²) in [6, 6.07) is 8.63. The summed E-state index contributed by atoms with van der Waals surface area (Å²) in [4.78, 5) is 24.3. The molecule has 3 rings (SSSR count). The molecule has 0 saturated heterocycles. The number of benzene rings is 1. The SMILES string of the molecule is CCOC(=O)c1cn(CCc2ccc(O)cc2)c2ccnn2c1=O. The van der Waals surface area contributed by atoms with E-state index in [0.29, 0.717) is 18.6 Å². The number of hydrogen-bond donors (Lipinski definition) is 1. The zero-order valence-corrected chi connectivity index (χ0v) is 13.2. The van der Waals surface area contributed by atoms with E-state index in [1.54, 1.807) is 29.7 Å². The van der Waals surface area contributed by atoms with Crippen molar-refractivity contribution < 1.29 is 14.6 Å². The van der Waals surface area contributed by atoms with Crippen LogP contribution < -0.4 is 5.56 Å². The van der Waals surface area contributed by atoms with Crippen molar-refractivity contribution >= 4 is 11.6 Å². The highest BCUT2D eigenvalue weighted by molar-refractivity contribution is 5.88. The highest BCUT2D eigenvalue weighted by Crippen LogP contribution is 2.12. The Morgan fingerprint density at radius 1 is 1.25 bits per heavy atom. The molecule has 1 aromatic carbocycles. The molecule has 3 aromatic rings. The fourth-order valence-electron chi connectivity index (χ4n) is 2.50. The van der Waals surface area contributed by atoms with E-state index < -0.39 is 11.5 Å². The fraction of sp³-hybridized carbons (Fsp3) is 0.235. The standard InChI is InChI=1S/C17H17N3O4/c1-2-24-17(23)14-11-19(15-7-9-18-20(15)16(14)22)10-8-12-3-5-13(21)6-4-12/h3-7,9,11,21H,2,8,10H2,1H3. The molecule has 7 heteroatoms. The monoisotopic (exact) mass is 327 g/mol. The molecule has 0 unspecified atom stereocenters. The van der Waals surface area contributed by atoms with Crippen LogP contribution in [0.15, 0.2) is 47.5 Å². The van der Waals surface area contributed by atoms with Crippen LogP contribution in [-0.4, -0.2) is 31.9 Å². The number of aromatic nitrogens is 3. The molecule has 0 bridgehead atoms. The van der Waals surface area contributed by atoms with Crippen molar-refractivity contribution in [3.05, 3.63) is 64.2 Å². The van der Waals surface area contributed by atoms with Gasteiger partial charge in [-0.1, -0.05) is 12.1 Å². The normalized spacial score (nSPS) is 10.9. The smallest absolute Gasteiger partial charge is 0.345 e. The molecule has 0 spiro atoms. The second kappa shape index (κ2) is 6.57. The Kier molecular flexibility index (Phi) is 4.33. The lowest BCUT2D eigenvalue weighted by atomic mass is 10.1. The van der Waals surface area contributed by atoms with Crippen molar-refractivity contribution in [2.24, 2.45) is 0 Å². The summed E-state index contributed by atoms with van der Waals surface area (Å²) in [6.45, 7) is 2.43. The van der Waals surface area contributed by atoms with Crippen molar-refractivity contribution in [1.82, 2.24) is 14.2 Å². The van der Waals surface area contributed by atoms with E-state index in [4.69, 9.17) is 4.74 Å². The molecular weight excluding hydrogens is 310 g/mol. The number of phenolic OH excluding ortho intramolecular Hbond substituents is 1. The Morgan fingerprint density at radius 3 is 2.71 bits per heavy atom. The van der Waals surface area contributed by atoms with Gasteiger partial charge in [0.2, 0.25) is 0 Å². The molecule has 0 fully saturated rings. The number of carbonyl (C=O) groups is 1. The van der Waals surface area contributed by atoms with E-state index in [-0.39, 0.29) is 17.9 Å². The summed E-state index contributed by atoms with van der Waals surface area (Å²) in [6.07, 6.45) is 3.70. The van der Waals surface area contributed by atoms with Crippen LogP contribution in [0.3, 0.4) is 0 Å². The number of carbonyl (C=O) groups excluding carboxylic acids is 1. The summed E-state index contributed by atoms with van der Waals surface area (Å²) in [5, 5.41) is 13.3. The largest absolute Gasteiger partial charge is 0.508 e. The topological polar surface area (TPSA) is 85.8 Å². The highest BCUT2D eigenvalue weighted by Gasteiger charge is 2.17. The van der Waals surface area contributed by atoms with Crippen LogP contribution in [0.2, 0.25) is 0 Å². The van der Waals surface area contributed by atoms with Crippen LogP contribution >= 0.6 is 0 Å². The minimum Gasteiger partial charge on any atom is -0.508 e. The van der Waals surface area contributed by atoms with Gasteiger partial charge in [-0.25, -0.2) is 4.79 Å². The van der Waals surface area contributed by atoms with E-state index in [0.717, 1.165) is 5.56 Å². The number of ether oxygens (including phenoxy) is 1. The molecule has 0 radical (unpaired) electrons. The lowest BCUT2D eigenvalue weighted by Crippen LogP contribution is -2.27.